The molecule has 0 aromatic heterocycles. The summed E-state index contributed by atoms with van der Waals surface area (Å²) in [6.45, 7) is 0. The highest BCUT2D eigenvalue weighted by molar-refractivity contribution is 6.67. The number of rotatable bonds is 0. The Labute approximate surface area is 88.9 Å². The quantitative estimate of drug-likeness (QED) is 0.269. The molecule has 11 heavy (non-hydrogen) atoms. The van der Waals surface area contributed by atoms with E-state index in [-0.39, 0.29) is 33.8 Å². The maximum Gasteiger partial charge on any atom is 0.240 e. The predicted octanol–water partition coefficient (Wildman–Crippen LogP) is -2.99. The zero-order chi connectivity index (χ0) is 6.08. The van der Waals surface area contributed by atoms with Crippen molar-refractivity contribution in [3.8, 4) is 0 Å². The topological polar surface area (TPSA) is 135 Å². The molecule has 0 amide bonds. The number of hydrogen-bond donors (Lipinski definition) is 2. The van der Waals surface area contributed by atoms with Crippen LogP contribution in [-0.4, -0.2) is 54.1 Å². The third-order valence-electron chi connectivity index (χ3n) is 0.293. The van der Waals surface area contributed by atoms with Crippen LogP contribution in [0.3, 0.4) is 0 Å². The molecule has 74 valence electrons. The van der Waals surface area contributed by atoms with Crippen LogP contribution < -0.4 is 0 Å². The molecule has 0 aromatic rings. The van der Waals surface area contributed by atoms with Gasteiger partial charge in [0.15, 0.2) is 23.7 Å². The molecule has 0 unspecified atom stereocenters. The van der Waals surface area contributed by atoms with Gasteiger partial charge >= 0.3 is 0 Å². The minimum atomic E-state index is -1.97. The molecule has 0 aromatic carbocycles. The van der Waals surface area contributed by atoms with Crippen molar-refractivity contribution in [3.63, 3.8) is 0 Å². The molecule has 0 spiro atoms. The number of aliphatic hydroxyl groups excluding tert-OH is 1. The van der Waals surface area contributed by atoms with Crippen LogP contribution in [0.4, 0.5) is 0 Å². The van der Waals surface area contributed by atoms with Crippen LogP contribution in [-0.2, 0) is 0 Å². The number of aliphatic hydroxyl groups is 2. The molecule has 0 aliphatic rings. The first kappa shape index (κ1) is 29.5. The van der Waals surface area contributed by atoms with E-state index in [4.69, 9.17) is 45.0 Å². The molecule has 0 atom stereocenters. The van der Waals surface area contributed by atoms with Gasteiger partial charge in [-0.1, -0.05) is 34.8 Å². The Morgan fingerprint density at radius 1 is 0.909 bits per heavy atom. The van der Waals surface area contributed by atoms with Gasteiger partial charge in [-0.05, 0) is 0 Å². The first-order valence-electron chi connectivity index (χ1n) is 1.37. The minimum Gasteiger partial charge on any atom is -0.412 e. The van der Waals surface area contributed by atoms with Gasteiger partial charge in [0.05, 0.1) is 0 Å². The minimum absolute atomic E-state index is 0. The van der Waals surface area contributed by atoms with Crippen LogP contribution in [0.2, 0.25) is 0 Å². The number of halogens is 3. The van der Waals surface area contributed by atoms with Gasteiger partial charge in [-0.3, -0.25) is 0 Å². The van der Waals surface area contributed by atoms with Crippen molar-refractivity contribution in [1.82, 2.24) is 0 Å². The van der Waals surface area contributed by atoms with E-state index in [9.17, 15) is 0 Å². The van der Waals surface area contributed by atoms with E-state index >= 15 is 0 Å². The fourth-order valence-electron chi connectivity index (χ4n) is 0. The van der Waals surface area contributed by atoms with Gasteiger partial charge in [0, 0.05) is 0 Å². The molecule has 0 radical (unpaired) electrons. The lowest BCUT2D eigenvalue weighted by atomic mass is 10.8. The molecular weight excluding hydrogens is 237 g/mol. The second-order valence-corrected chi connectivity index (χ2v) is 3.28. The van der Waals surface area contributed by atoms with Gasteiger partial charge in [-0.2, -0.15) is 0 Å². The van der Waals surface area contributed by atoms with E-state index in [0.29, 0.717) is 0 Å². The van der Waals surface area contributed by atoms with Crippen LogP contribution >= 0.6 is 34.8 Å². The fraction of sp³-hybridized carbons (Fsp3) is 1.00. The summed E-state index contributed by atoms with van der Waals surface area (Å²) >= 11 is 14.7. The predicted molar refractivity (Wildman–Crippen MR) is 49.3 cm³/mol. The van der Waals surface area contributed by atoms with Crippen molar-refractivity contribution in [2.24, 2.45) is 0 Å². The first-order chi connectivity index (χ1) is 2.94. The van der Waals surface area contributed by atoms with E-state index < -0.39 is 10.1 Å². The van der Waals surface area contributed by atoms with E-state index in [1.165, 1.54) is 0 Å². The van der Waals surface area contributed by atoms with E-state index in [0.717, 1.165) is 0 Å². The Hall–Kier alpha value is 1.20. The lowest BCUT2D eigenvalue weighted by Gasteiger charge is -2.10. The molecule has 0 heterocycles. The molecule has 0 fully saturated rings. The Morgan fingerprint density at radius 2 is 1.00 bits per heavy atom. The Balaban J connectivity index is -0.0000000300. The van der Waals surface area contributed by atoms with Crippen LogP contribution in [0.25, 0.3) is 0 Å². The number of hydrogen-bond acceptors (Lipinski definition) is 2. The first-order valence-corrected chi connectivity index (χ1v) is 2.51. The van der Waals surface area contributed by atoms with Crippen molar-refractivity contribution in [1.29, 1.82) is 0 Å². The average molecular weight is 249 g/mol. The van der Waals surface area contributed by atoms with Crippen LogP contribution in [0.15, 0.2) is 0 Å². The smallest absolute Gasteiger partial charge is 0.240 e. The van der Waals surface area contributed by atoms with E-state index in [1.807, 2.05) is 0 Å². The fourth-order valence-corrected chi connectivity index (χ4v) is 0. The standard InChI is InChI=1S/C2H3Cl3O2.Al.3H2O.3H/c3-2(4,5)1(6)7;;;;;;;/h1,6-7H;;3*1H2;;;. The summed E-state index contributed by atoms with van der Waals surface area (Å²) in [6.07, 6.45) is -1.91. The Morgan fingerprint density at radius 3 is 1.00 bits per heavy atom. The van der Waals surface area contributed by atoms with Gasteiger partial charge in [0.25, 0.3) is 0 Å². The van der Waals surface area contributed by atoms with Crippen molar-refractivity contribution in [2.75, 3.05) is 0 Å². The maximum atomic E-state index is 8.05. The summed E-state index contributed by atoms with van der Waals surface area (Å²) in [7, 11) is 0. The lowest BCUT2D eigenvalue weighted by molar-refractivity contribution is -0.0355. The Bertz CT molecular complexity index is 65.2. The molecule has 9 heteroatoms. The zero-order valence-electron chi connectivity index (χ0n) is 4.61. The average Bonchev–Trinajstić information content (AvgIpc) is 1.31. The van der Waals surface area contributed by atoms with Crippen LogP contribution in [0.5, 0.6) is 0 Å². The second-order valence-electron chi connectivity index (χ2n) is 0.915. The lowest BCUT2D eigenvalue weighted by Crippen LogP contribution is -2.23. The maximum absolute atomic E-state index is 8.05. The summed E-state index contributed by atoms with van der Waals surface area (Å²) in [5, 5.41) is 16.1. The highest BCUT2D eigenvalue weighted by Gasteiger charge is 2.28. The van der Waals surface area contributed by atoms with Gasteiger partial charge < -0.3 is 26.6 Å². The number of alkyl halides is 3. The monoisotopic (exact) mass is 248 g/mol. The summed E-state index contributed by atoms with van der Waals surface area (Å²) in [5.74, 6) is 0. The van der Waals surface area contributed by atoms with Crippen LogP contribution in [0, 0.1) is 0 Å². The summed E-state index contributed by atoms with van der Waals surface area (Å²) in [6, 6.07) is 0. The highest BCUT2D eigenvalue weighted by Crippen LogP contribution is 2.28. The third kappa shape index (κ3) is 18.3. The molecule has 5 nitrogen and oxygen atoms in total. The summed E-state index contributed by atoms with van der Waals surface area (Å²) in [4.78, 5) is 0. The van der Waals surface area contributed by atoms with Gasteiger partial charge in [0.2, 0.25) is 3.79 Å². The highest BCUT2D eigenvalue weighted by atomic mass is 35.6. The van der Waals surface area contributed by atoms with Crippen molar-refractivity contribution in [2.45, 2.75) is 10.1 Å². The molecule has 0 aliphatic heterocycles. The van der Waals surface area contributed by atoms with E-state index in [2.05, 4.69) is 0 Å². The largest absolute Gasteiger partial charge is 0.412 e. The molecule has 0 bridgehead atoms. The van der Waals surface area contributed by atoms with Crippen molar-refractivity contribution < 1.29 is 26.6 Å². The SMILES string of the molecule is O.O.O.OC(O)C(Cl)(Cl)Cl.[AlH3]. The summed E-state index contributed by atoms with van der Waals surface area (Å²) in [5.41, 5.74) is 0. The Kier molecular flexibility index (Phi) is 30.1. The molecule has 8 N–H and O–H groups in total. The normalized spacial score (nSPS) is 8.18. The second kappa shape index (κ2) is 11.2. The van der Waals surface area contributed by atoms with Crippen LogP contribution in [0.1, 0.15) is 0 Å². The zero-order valence-corrected chi connectivity index (χ0v) is 6.87. The van der Waals surface area contributed by atoms with Gasteiger partial charge in [0.1, 0.15) is 0 Å². The molecule has 0 rings (SSSR count). The van der Waals surface area contributed by atoms with Crippen molar-refractivity contribution in [3.05, 3.63) is 0 Å². The molecule has 0 saturated heterocycles. The van der Waals surface area contributed by atoms with Gasteiger partial charge in [-0.15, -0.1) is 0 Å². The third-order valence-corrected chi connectivity index (χ3v) is 0.878. The van der Waals surface area contributed by atoms with Gasteiger partial charge in [-0.25, -0.2) is 0 Å². The molecule has 0 aliphatic carbocycles. The summed E-state index contributed by atoms with van der Waals surface area (Å²) < 4.78 is -1.97. The molecule has 0 saturated carbocycles. The molecular formula is C2H12AlCl3O5. The van der Waals surface area contributed by atoms with E-state index in [1.54, 1.807) is 0 Å². The van der Waals surface area contributed by atoms with Crippen molar-refractivity contribution >= 4 is 52.2 Å².